The Morgan fingerprint density at radius 3 is 2.62 bits per heavy atom. The first-order valence-electron chi connectivity index (χ1n) is 15.9. The molecule has 13 heteroatoms. The number of H-pyrrole nitrogens is 1. The summed E-state index contributed by atoms with van der Waals surface area (Å²) in [5.41, 5.74) is 3.05. The fourth-order valence-electron chi connectivity index (χ4n) is 7.48. The van der Waals surface area contributed by atoms with Gasteiger partial charge >= 0.3 is 0 Å². The van der Waals surface area contributed by atoms with Gasteiger partial charge in [-0.05, 0) is 65.4 Å². The van der Waals surface area contributed by atoms with Gasteiger partial charge in [-0.25, -0.2) is 13.8 Å². The highest BCUT2D eigenvalue weighted by Crippen LogP contribution is 2.46. The molecule has 3 atom stereocenters. The van der Waals surface area contributed by atoms with Crippen LogP contribution >= 0.6 is 23.2 Å². The number of fused-ring (bicyclic) bond motifs is 4. The van der Waals surface area contributed by atoms with Gasteiger partial charge < -0.3 is 9.80 Å². The molecule has 7 rings (SSSR count). The lowest BCUT2D eigenvalue weighted by atomic mass is 9.90. The van der Waals surface area contributed by atoms with E-state index in [1.54, 1.807) is 25.3 Å². The maximum absolute atomic E-state index is 17.2. The Morgan fingerprint density at radius 2 is 1.91 bits per heavy atom. The number of anilines is 1. The number of hydrogen-bond acceptors (Lipinski definition) is 7. The Bertz CT molecular complexity index is 2060. The molecule has 246 valence electrons. The van der Waals surface area contributed by atoms with Crippen LogP contribution in [0.2, 0.25) is 10.0 Å². The molecule has 1 N–H and O–H groups in total. The second-order valence-corrected chi connectivity index (χ2v) is 14.5. The van der Waals surface area contributed by atoms with Gasteiger partial charge in [0.2, 0.25) is 0 Å². The molecule has 2 aliphatic heterocycles. The van der Waals surface area contributed by atoms with E-state index in [4.69, 9.17) is 33.3 Å². The number of hydrogen-bond donors (Lipinski definition) is 1. The van der Waals surface area contributed by atoms with Crippen molar-refractivity contribution in [1.82, 2.24) is 34.8 Å². The van der Waals surface area contributed by atoms with Crippen LogP contribution in [0.15, 0.2) is 24.5 Å². The molecule has 1 unspecified atom stereocenters. The summed E-state index contributed by atoms with van der Waals surface area (Å²) in [5.74, 6) is 0.125. The Kier molecular flexibility index (Phi) is 8.07. The molecule has 0 bridgehead atoms. The smallest absolute Gasteiger partial charge is 0.158 e. The third kappa shape index (κ3) is 5.21. The Labute approximate surface area is 282 Å². The minimum atomic E-state index is -0.994. The van der Waals surface area contributed by atoms with Gasteiger partial charge in [0.1, 0.15) is 17.5 Å². The SMILES string of the molecule is Cc1c(Cl)cc2[nH]ncc2c1-c1c(Cl)cc2c(nc(N3CC(C)(N(C)C)C3)c3cnn([C@H]4CCN(CC(C)F)[C@H](CC#N)C4)c32)c1F. The van der Waals surface area contributed by atoms with E-state index in [2.05, 4.69) is 52.0 Å². The van der Waals surface area contributed by atoms with Crippen LogP contribution in [-0.4, -0.2) is 92.8 Å². The lowest BCUT2D eigenvalue weighted by Gasteiger charge is -2.52. The first-order chi connectivity index (χ1) is 22.4. The van der Waals surface area contributed by atoms with Crippen LogP contribution in [0.3, 0.4) is 0 Å². The van der Waals surface area contributed by atoms with Gasteiger partial charge in [0, 0.05) is 59.1 Å². The molecular formula is C34H37Cl2F2N9. The lowest BCUT2D eigenvalue weighted by molar-refractivity contribution is 0.0892. The summed E-state index contributed by atoms with van der Waals surface area (Å²) in [4.78, 5) is 11.4. The molecule has 5 heterocycles. The molecule has 2 saturated heterocycles. The molecule has 3 aromatic heterocycles. The third-order valence-corrected chi connectivity index (χ3v) is 11.0. The minimum absolute atomic E-state index is 0.0572. The fraction of sp³-hybridized carbons (Fsp3) is 0.471. The largest absolute Gasteiger partial charge is 0.352 e. The van der Waals surface area contributed by atoms with Gasteiger partial charge in [0.25, 0.3) is 0 Å². The first kappa shape index (κ1) is 32.0. The molecule has 9 nitrogen and oxygen atoms in total. The number of piperidine rings is 1. The Morgan fingerprint density at radius 1 is 1.15 bits per heavy atom. The summed E-state index contributed by atoms with van der Waals surface area (Å²) < 4.78 is 33.2. The standard InChI is InChI=1S/C34H37Cl2F2N9/c1-18(37)15-45-9-7-21(10-20(45)6-8-39)47-32-22-11-26(36)29(28-19(2)25(35)12-27-23(28)13-40-43-27)30(38)31(22)42-33(24(32)14-41-47)46-16-34(3,17-46)44(4)5/h11-14,18,20-21H,6-7,9-10,15-17H2,1-5H3,(H,40,43)/t18?,20-,21+/m1/s1. The van der Waals surface area contributed by atoms with Gasteiger partial charge in [-0.3, -0.25) is 14.7 Å². The van der Waals surface area contributed by atoms with Gasteiger partial charge in [-0.1, -0.05) is 23.2 Å². The number of nitriles is 1. The van der Waals surface area contributed by atoms with E-state index in [-0.39, 0.29) is 46.7 Å². The minimum Gasteiger partial charge on any atom is -0.352 e. The highest BCUT2D eigenvalue weighted by Gasteiger charge is 2.42. The molecule has 0 amide bonds. The van der Waals surface area contributed by atoms with E-state index in [0.29, 0.717) is 70.7 Å². The second kappa shape index (κ2) is 11.8. The average molecular weight is 681 g/mol. The molecule has 2 fully saturated rings. The summed E-state index contributed by atoms with van der Waals surface area (Å²) in [6, 6.07) is 5.65. The number of rotatable bonds is 7. The molecule has 0 radical (unpaired) electrons. The van der Waals surface area contributed by atoms with Gasteiger partial charge in [-0.2, -0.15) is 15.5 Å². The predicted octanol–water partition coefficient (Wildman–Crippen LogP) is 7.30. The van der Waals surface area contributed by atoms with Crippen LogP contribution < -0.4 is 4.90 Å². The molecule has 5 aromatic rings. The van der Waals surface area contributed by atoms with E-state index in [0.717, 1.165) is 10.9 Å². The number of aromatic amines is 1. The molecule has 0 spiro atoms. The van der Waals surface area contributed by atoms with E-state index >= 15 is 4.39 Å². The number of likely N-dealkylation sites (tertiary alicyclic amines) is 1. The summed E-state index contributed by atoms with van der Waals surface area (Å²) in [7, 11) is 4.12. The van der Waals surface area contributed by atoms with Crippen molar-refractivity contribution in [2.75, 3.05) is 45.2 Å². The van der Waals surface area contributed by atoms with E-state index in [1.165, 1.54) is 0 Å². The van der Waals surface area contributed by atoms with Crippen LogP contribution in [0.25, 0.3) is 43.8 Å². The molecule has 0 aliphatic carbocycles. The fourth-order valence-corrected chi connectivity index (χ4v) is 7.97. The highest BCUT2D eigenvalue weighted by molar-refractivity contribution is 6.36. The number of alkyl halides is 1. The van der Waals surface area contributed by atoms with Crippen LogP contribution in [0.1, 0.15) is 44.7 Å². The Hall–Kier alpha value is -3.56. The summed E-state index contributed by atoms with van der Waals surface area (Å²) in [6.07, 6.45) is 4.09. The normalized spacial score (nSPS) is 20.7. The number of likely N-dealkylation sites (N-methyl/N-ethyl adjacent to an activating group) is 1. The molecule has 0 saturated carbocycles. The van der Waals surface area contributed by atoms with Crippen molar-refractivity contribution in [1.29, 1.82) is 5.26 Å². The van der Waals surface area contributed by atoms with Crippen molar-refractivity contribution in [3.63, 3.8) is 0 Å². The van der Waals surface area contributed by atoms with Crippen molar-refractivity contribution in [3.05, 3.63) is 46.0 Å². The molecule has 47 heavy (non-hydrogen) atoms. The van der Waals surface area contributed by atoms with Gasteiger partial charge in [-0.15, -0.1) is 0 Å². The van der Waals surface area contributed by atoms with Crippen molar-refractivity contribution in [2.24, 2.45) is 0 Å². The second-order valence-electron chi connectivity index (χ2n) is 13.6. The van der Waals surface area contributed by atoms with Crippen LogP contribution in [0.4, 0.5) is 14.6 Å². The lowest BCUT2D eigenvalue weighted by Crippen LogP contribution is -2.67. The number of pyridine rings is 1. The molecule has 2 aliphatic rings. The zero-order valence-electron chi connectivity index (χ0n) is 27.1. The van der Waals surface area contributed by atoms with Crippen molar-refractivity contribution >= 4 is 61.7 Å². The maximum Gasteiger partial charge on any atom is 0.158 e. The van der Waals surface area contributed by atoms with E-state index in [1.807, 2.05) is 17.8 Å². The number of nitrogens with zero attached hydrogens (tertiary/aromatic N) is 8. The molecular weight excluding hydrogens is 643 g/mol. The highest BCUT2D eigenvalue weighted by atomic mass is 35.5. The van der Waals surface area contributed by atoms with Crippen molar-refractivity contribution in [2.45, 2.75) is 63.8 Å². The quantitative estimate of drug-likeness (QED) is 0.193. The summed E-state index contributed by atoms with van der Waals surface area (Å²) in [5, 5.41) is 24.4. The number of aromatic nitrogens is 5. The van der Waals surface area contributed by atoms with E-state index < -0.39 is 12.0 Å². The van der Waals surface area contributed by atoms with Crippen molar-refractivity contribution < 1.29 is 8.78 Å². The summed E-state index contributed by atoms with van der Waals surface area (Å²) >= 11 is 13.6. The van der Waals surface area contributed by atoms with Gasteiger partial charge in [0.05, 0.1) is 57.9 Å². The number of halogens is 4. The zero-order chi connectivity index (χ0) is 33.4. The average Bonchev–Trinajstić information content (AvgIpc) is 3.66. The van der Waals surface area contributed by atoms with E-state index in [9.17, 15) is 9.65 Å². The molecule has 2 aromatic carbocycles. The van der Waals surface area contributed by atoms with Crippen LogP contribution in [0, 0.1) is 24.1 Å². The van der Waals surface area contributed by atoms with Gasteiger partial charge in [0.15, 0.2) is 5.82 Å². The third-order valence-electron chi connectivity index (χ3n) is 10.3. The first-order valence-corrected chi connectivity index (χ1v) is 16.7. The predicted molar refractivity (Wildman–Crippen MR) is 184 cm³/mol. The Balaban J connectivity index is 1.44. The van der Waals surface area contributed by atoms with Crippen molar-refractivity contribution in [3.8, 4) is 17.2 Å². The zero-order valence-corrected chi connectivity index (χ0v) is 28.6. The number of benzene rings is 2. The monoisotopic (exact) mass is 679 g/mol. The summed E-state index contributed by atoms with van der Waals surface area (Å²) in [6.45, 7) is 7.93. The van der Waals surface area contributed by atoms with Crippen LogP contribution in [0.5, 0.6) is 0 Å². The number of nitrogens with one attached hydrogen (secondary N) is 1. The maximum atomic E-state index is 17.2. The van der Waals surface area contributed by atoms with Crippen LogP contribution in [-0.2, 0) is 0 Å². The topological polar surface area (TPSA) is 92.9 Å².